The molecule has 0 amide bonds. The summed E-state index contributed by atoms with van der Waals surface area (Å²) in [5.41, 5.74) is 1.87. The Morgan fingerprint density at radius 3 is 2.74 bits per heavy atom. The molecule has 0 fully saturated rings. The highest BCUT2D eigenvalue weighted by atomic mass is 16.5. The first-order valence-corrected chi connectivity index (χ1v) is 5.99. The van der Waals surface area contributed by atoms with Crippen molar-refractivity contribution in [3.63, 3.8) is 0 Å². The highest BCUT2D eigenvalue weighted by Gasteiger charge is 2.12. The second-order valence-electron chi connectivity index (χ2n) is 4.12. The Bertz CT molecular complexity index is 658. The van der Waals surface area contributed by atoms with E-state index in [9.17, 15) is 0 Å². The second kappa shape index (κ2) is 4.97. The van der Waals surface area contributed by atoms with Crippen molar-refractivity contribution in [2.45, 2.75) is 13.5 Å². The minimum absolute atomic E-state index is 0.494. The van der Waals surface area contributed by atoms with Gasteiger partial charge < -0.3 is 14.3 Å². The van der Waals surface area contributed by atoms with Crippen LogP contribution in [0, 0.1) is 6.92 Å². The molecule has 1 aromatic carbocycles. The standard InChI is InChI=1S/C14H13N3O2/c1-10-12(7-8-18-10)14-16-13(19-17-14)9-15-11-5-3-2-4-6-11/h2-8,15H,9H2,1H3. The zero-order valence-corrected chi connectivity index (χ0v) is 10.5. The summed E-state index contributed by atoms with van der Waals surface area (Å²) in [6, 6.07) is 11.7. The van der Waals surface area contributed by atoms with Gasteiger partial charge in [-0.05, 0) is 25.1 Å². The van der Waals surface area contributed by atoms with E-state index in [0.29, 0.717) is 18.3 Å². The minimum atomic E-state index is 0.494. The molecule has 0 unspecified atom stereocenters. The van der Waals surface area contributed by atoms with E-state index in [1.165, 1.54) is 0 Å². The predicted molar refractivity (Wildman–Crippen MR) is 70.5 cm³/mol. The van der Waals surface area contributed by atoms with Gasteiger partial charge in [0, 0.05) is 5.69 Å². The maximum atomic E-state index is 5.22. The monoisotopic (exact) mass is 255 g/mol. The first-order valence-electron chi connectivity index (χ1n) is 5.99. The molecule has 0 aliphatic rings. The zero-order valence-electron chi connectivity index (χ0n) is 10.5. The molecule has 0 radical (unpaired) electrons. The third-order valence-corrected chi connectivity index (χ3v) is 2.79. The fourth-order valence-electron chi connectivity index (χ4n) is 1.79. The lowest BCUT2D eigenvalue weighted by Crippen LogP contribution is -1.99. The van der Waals surface area contributed by atoms with Crippen LogP contribution in [0.1, 0.15) is 11.7 Å². The van der Waals surface area contributed by atoms with E-state index < -0.39 is 0 Å². The summed E-state index contributed by atoms with van der Waals surface area (Å²) >= 11 is 0. The molecule has 0 aliphatic carbocycles. The summed E-state index contributed by atoms with van der Waals surface area (Å²) in [6.07, 6.45) is 1.61. The molecule has 96 valence electrons. The van der Waals surface area contributed by atoms with Crippen molar-refractivity contribution in [3.05, 3.63) is 54.3 Å². The number of nitrogens with zero attached hydrogens (tertiary/aromatic N) is 2. The SMILES string of the molecule is Cc1occc1-c1noc(CNc2ccccc2)n1. The van der Waals surface area contributed by atoms with Gasteiger partial charge in [-0.1, -0.05) is 23.4 Å². The highest BCUT2D eigenvalue weighted by molar-refractivity contribution is 5.56. The third kappa shape index (κ3) is 2.49. The van der Waals surface area contributed by atoms with Gasteiger partial charge in [0.2, 0.25) is 11.7 Å². The normalized spacial score (nSPS) is 10.6. The molecule has 0 saturated heterocycles. The van der Waals surface area contributed by atoms with Crippen molar-refractivity contribution >= 4 is 5.69 Å². The van der Waals surface area contributed by atoms with Crippen molar-refractivity contribution in [1.29, 1.82) is 0 Å². The second-order valence-corrected chi connectivity index (χ2v) is 4.12. The number of furan rings is 1. The molecule has 0 atom stereocenters. The molecule has 0 bridgehead atoms. The van der Waals surface area contributed by atoms with Crippen LogP contribution in [0.5, 0.6) is 0 Å². The molecule has 3 rings (SSSR count). The summed E-state index contributed by atoms with van der Waals surface area (Å²) in [7, 11) is 0. The van der Waals surface area contributed by atoms with E-state index in [2.05, 4.69) is 15.5 Å². The van der Waals surface area contributed by atoms with Crippen LogP contribution in [0.15, 0.2) is 51.6 Å². The van der Waals surface area contributed by atoms with Gasteiger partial charge in [0.25, 0.3) is 0 Å². The molecular weight excluding hydrogens is 242 g/mol. The average molecular weight is 255 g/mol. The van der Waals surface area contributed by atoms with Gasteiger partial charge in [-0.3, -0.25) is 0 Å². The van der Waals surface area contributed by atoms with Crippen LogP contribution in [-0.4, -0.2) is 10.1 Å². The van der Waals surface area contributed by atoms with Crippen LogP contribution in [0.4, 0.5) is 5.69 Å². The summed E-state index contributed by atoms with van der Waals surface area (Å²) in [5.74, 6) is 1.87. The topological polar surface area (TPSA) is 64.1 Å². The predicted octanol–water partition coefficient (Wildman–Crippen LogP) is 3.25. The number of hydrogen-bond acceptors (Lipinski definition) is 5. The Morgan fingerprint density at radius 2 is 2.00 bits per heavy atom. The van der Waals surface area contributed by atoms with Gasteiger partial charge in [-0.25, -0.2) is 0 Å². The van der Waals surface area contributed by atoms with Gasteiger partial charge in [0.15, 0.2) is 0 Å². The molecule has 5 nitrogen and oxygen atoms in total. The first-order chi connectivity index (χ1) is 9.33. The lowest BCUT2D eigenvalue weighted by molar-refractivity contribution is 0.384. The van der Waals surface area contributed by atoms with Crippen LogP contribution in [0.2, 0.25) is 0 Å². The summed E-state index contributed by atoms with van der Waals surface area (Å²) in [6.45, 7) is 2.36. The fraction of sp³-hybridized carbons (Fsp3) is 0.143. The quantitative estimate of drug-likeness (QED) is 0.775. The Balaban J connectivity index is 1.71. The minimum Gasteiger partial charge on any atom is -0.469 e. The van der Waals surface area contributed by atoms with E-state index >= 15 is 0 Å². The van der Waals surface area contributed by atoms with Crippen molar-refractivity contribution < 1.29 is 8.94 Å². The van der Waals surface area contributed by atoms with Crippen molar-refractivity contribution in [1.82, 2.24) is 10.1 Å². The number of rotatable bonds is 4. The molecule has 2 aromatic heterocycles. The van der Waals surface area contributed by atoms with E-state index in [4.69, 9.17) is 8.94 Å². The Kier molecular flexibility index (Phi) is 3.02. The molecular formula is C14H13N3O2. The molecule has 0 spiro atoms. The summed E-state index contributed by atoms with van der Waals surface area (Å²) < 4.78 is 10.4. The largest absolute Gasteiger partial charge is 0.469 e. The number of nitrogens with one attached hydrogen (secondary N) is 1. The molecule has 2 heterocycles. The highest BCUT2D eigenvalue weighted by Crippen LogP contribution is 2.21. The molecule has 1 N–H and O–H groups in total. The molecule has 3 aromatic rings. The lowest BCUT2D eigenvalue weighted by atomic mass is 10.2. The molecule has 0 aliphatic heterocycles. The average Bonchev–Trinajstić information content (AvgIpc) is 3.06. The number of para-hydroxylation sites is 1. The van der Waals surface area contributed by atoms with E-state index in [1.54, 1.807) is 6.26 Å². The molecule has 19 heavy (non-hydrogen) atoms. The molecule has 5 heteroatoms. The van der Waals surface area contributed by atoms with Crippen LogP contribution in [0.25, 0.3) is 11.4 Å². The van der Waals surface area contributed by atoms with Crippen LogP contribution in [-0.2, 0) is 6.54 Å². The summed E-state index contributed by atoms with van der Waals surface area (Å²) in [5, 5.41) is 7.16. The van der Waals surface area contributed by atoms with Crippen molar-refractivity contribution in [2.75, 3.05) is 5.32 Å². The smallest absolute Gasteiger partial charge is 0.246 e. The number of benzene rings is 1. The number of hydrogen-bond donors (Lipinski definition) is 1. The maximum Gasteiger partial charge on any atom is 0.246 e. The van der Waals surface area contributed by atoms with Gasteiger partial charge in [0.05, 0.1) is 18.4 Å². The van der Waals surface area contributed by atoms with Gasteiger partial charge in [-0.2, -0.15) is 4.98 Å². The van der Waals surface area contributed by atoms with Crippen molar-refractivity contribution in [2.24, 2.45) is 0 Å². The van der Waals surface area contributed by atoms with Gasteiger partial charge in [-0.15, -0.1) is 0 Å². The van der Waals surface area contributed by atoms with E-state index in [-0.39, 0.29) is 0 Å². The number of aryl methyl sites for hydroxylation is 1. The lowest BCUT2D eigenvalue weighted by Gasteiger charge is -2.01. The Morgan fingerprint density at radius 1 is 1.16 bits per heavy atom. The Labute approximate surface area is 110 Å². The third-order valence-electron chi connectivity index (χ3n) is 2.79. The first kappa shape index (κ1) is 11.5. The van der Waals surface area contributed by atoms with Gasteiger partial charge >= 0.3 is 0 Å². The zero-order chi connectivity index (χ0) is 13.1. The van der Waals surface area contributed by atoms with Crippen LogP contribution in [0.3, 0.4) is 0 Å². The van der Waals surface area contributed by atoms with E-state index in [1.807, 2.05) is 43.3 Å². The van der Waals surface area contributed by atoms with Crippen molar-refractivity contribution in [3.8, 4) is 11.4 Å². The summed E-state index contributed by atoms with van der Waals surface area (Å²) in [4.78, 5) is 4.33. The van der Waals surface area contributed by atoms with Crippen LogP contribution >= 0.6 is 0 Å². The van der Waals surface area contributed by atoms with Gasteiger partial charge in [0.1, 0.15) is 5.76 Å². The fourth-order valence-corrected chi connectivity index (χ4v) is 1.79. The number of aromatic nitrogens is 2. The molecule has 0 saturated carbocycles. The number of anilines is 1. The maximum absolute atomic E-state index is 5.22. The Hall–Kier alpha value is -2.56. The van der Waals surface area contributed by atoms with E-state index in [0.717, 1.165) is 17.0 Å². The van der Waals surface area contributed by atoms with Crippen LogP contribution < -0.4 is 5.32 Å².